The maximum Gasteiger partial charge on any atom is 0.459 e. The highest BCUT2D eigenvalue weighted by atomic mass is 31.2. The van der Waals surface area contributed by atoms with Crippen molar-refractivity contribution in [2.45, 2.75) is 19.7 Å². The number of fused-ring (bicyclic) bond motifs is 2. The second-order valence-corrected chi connectivity index (χ2v) is 8.85. The van der Waals surface area contributed by atoms with Crippen molar-refractivity contribution >= 4 is 30.8 Å². The number of para-hydroxylation sites is 1. The van der Waals surface area contributed by atoms with Gasteiger partial charge in [-0.2, -0.15) is 10.1 Å². The number of hydrogen-bond acceptors (Lipinski definition) is 12. The summed E-state index contributed by atoms with van der Waals surface area (Å²) in [6.07, 6.45) is 1.37. The third kappa shape index (κ3) is 5.54. The fourth-order valence-electron chi connectivity index (χ4n) is 3.11. The van der Waals surface area contributed by atoms with Gasteiger partial charge in [0.2, 0.25) is 18.5 Å². The Balaban J connectivity index is 1.40. The molecule has 0 bridgehead atoms. The van der Waals surface area contributed by atoms with Crippen molar-refractivity contribution in [2.24, 2.45) is 0 Å². The van der Waals surface area contributed by atoms with Gasteiger partial charge in [0, 0.05) is 0 Å². The van der Waals surface area contributed by atoms with Crippen LogP contribution in [0.4, 0.5) is 5.95 Å². The Bertz CT molecular complexity index is 1330. The molecule has 4 N–H and O–H groups in total. The van der Waals surface area contributed by atoms with Gasteiger partial charge in [-0.1, -0.05) is 6.07 Å². The molecule has 2 aromatic heterocycles. The van der Waals surface area contributed by atoms with Crippen LogP contribution < -0.4 is 30.4 Å². The second-order valence-electron chi connectivity index (χ2n) is 7.16. The van der Waals surface area contributed by atoms with Crippen LogP contribution in [-0.4, -0.2) is 58.6 Å². The number of nitrogens with two attached hydrogens (primary N) is 1. The number of aromatic amines is 1. The van der Waals surface area contributed by atoms with Crippen molar-refractivity contribution in [3.05, 3.63) is 34.9 Å². The average molecular weight is 510 g/mol. The number of benzene rings is 1. The number of imidazole rings is 1. The molecule has 188 valence electrons. The van der Waals surface area contributed by atoms with Gasteiger partial charge in [0.05, 0.1) is 26.7 Å². The van der Waals surface area contributed by atoms with Crippen LogP contribution in [0.3, 0.4) is 0 Å². The van der Waals surface area contributed by atoms with E-state index in [2.05, 4.69) is 24.8 Å². The van der Waals surface area contributed by atoms with E-state index in [-0.39, 0.29) is 55.3 Å². The molecule has 15 nitrogen and oxygen atoms in total. The Morgan fingerprint density at radius 1 is 1.37 bits per heavy atom. The van der Waals surface area contributed by atoms with E-state index in [0.717, 1.165) is 0 Å². The van der Waals surface area contributed by atoms with Crippen molar-refractivity contribution in [2.75, 3.05) is 32.9 Å². The smallest absolute Gasteiger partial charge is 0.459 e. The minimum absolute atomic E-state index is 0.0179. The van der Waals surface area contributed by atoms with Crippen LogP contribution in [0.1, 0.15) is 6.92 Å². The van der Waals surface area contributed by atoms with Crippen molar-refractivity contribution in [1.29, 1.82) is 0 Å². The third-order valence-corrected chi connectivity index (χ3v) is 6.36. The number of aromatic nitrogens is 4. The summed E-state index contributed by atoms with van der Waals surface area (Å²) in [6, 6.07) is 3.80. The highest BCUT2D eigenvalue weighted by molar-refractivity contribution is 7.52. The van der Waals surface area contributed by atoms with E-state index in [0.29, 0.717) is 5.75 Å². The van der Waals surface area contributed by atoms with Gasteiger partial charge >= 0.3 is 13.7 Å². The molecule has 1 unspecified atom stereocenters. The molecule has 16 heteroatoms. The van der Waals surface area contributed by atoms with E-state index in [1.54, 1.807) is 12.1 Å². The van der Waals surface area contributed by atoms with Gasteiger partial charge in [-0.25, -0.2) is 9.55 Å². The zero-order valence-corrected chi connectivity index (χ0v) is 19.7. The van der Waals surface area contributed by atoms with Crippen LogP contribution in [0.5, 0.6) is 17.2 Å². The Kier molecular flexibility index (Phi) is 7.21. The lowest BCUT2D eigenvalue weighted by molar-refractivity contribution is -0.142. The monoisotopic (exact) mass is 510 g/mol. The maximum absolute atomic E-state index is 13.5. The standard InChI is InChI=1S/C19H23N6O9P/c1-11(18(27)29-2)24-35(28,34-13-5-3-4-12-15(13)32-10-31-12)33-7-6-30-9-25-8-21-14-16(25)22-19(20)23-17(14)26/h3-5,8,11H,6-7,9-10H2,1-2H3,(H,24,28)(H3,20,22,23,26)/t11-,35?/m1/s1. The summed E-state index contributed by atoms with van der Waals surface area (Å²) < 4.78 is 46.9. The van der Waals surface area contributed by atoms with Crippen LogP contribution in [-0.2, 0) is 30.1 Å². The van der Waals surface area contributed by atoms with Crippen LogP contribution in [0.15, 0.2) is 29.3 Å². The zero-order valence-electron chi connectivity index (χ0n) is 18.8. The Morgan fingerprint density at radius 2 is 2.20 bits per heavy atom. The lowest BCUT2D eigenvalue weighted by atomic mass is 10.3. The van der Waals surface area contributed by atoms with Gasteiger partial charge in [0.15, 0.2) is 22.7 Å². The van der Waals surface area contributed by atoms with Crippen molar-refractivity contribution in [3.8, 4) is 17.2 Å². The van der Waals surface area contributed by atoms with Crippen molar-refractivity contribution < 1.29 is 37.4 Å². The summed E-state index contributed by atoms with van der Waals surface area (Å²) in [7, 11) is -2.91. The van der Waals surface area contributed by atoms with E-state index in [4.69, 9.17) is 29.0 Å². The van der Waals surface area contributed by atoms with Gasteiger partial charge in [0.1, 0.15) is 12.8 Å². The molecule has 0 saturated heterocycles. The lowest BCUT2D eigenvalue weighted by Crippen LogP contribution is -2.34. The molecular formula is C19H23N6O9P. The predicted octanol–water partition coefficient (Wildman–Crippen LogP) is 0.759. The molecule has 1 aromatic carbocycles. The van der Waals surface area contributed by atoms with E-state index in [1.165, 1.54) is 31.0 Å². The quantitative estimate of drug-likeness (QED) is 0.186. The first-order valence-corrected chi connectivity index (χ1v) is 11.8. The summed E-state index contributed by atoms with van der Waals surface area (Å²) in [5.74, 6) is 0.0546. The van der Waals surface area contributed by atoms with Crippen molar-refractivity contribution in [1.82, 2.24) is 24.6 Å². The molecular weight excluding hydrogens is 487 g/mol. The van der Waals surface area contributed by atoms with Gasteiger partial charge in [-0.3, -0.25) is 23.7 Å². The molecule has 3 heterocycles. The highest BCUT2D eigenvalue weighted by Crippen LogP contribution is 2.50. The van der Waals surface area contributed by atoms with Crippen molar-refractivity contribution in [3.63, 3.8) is 0 Å². The average Bonchev–Trinajstić information content (AvgIpc) is 3.46. The topological polar surface area (TPSA) is 191 Å². The van der Waals surface area contributed by atoms with Crippen LogP contribution >= 0.6 is 7.75 Å². The number of ether oxygens (including phenoxy) is 4. The number of rotatable bonds is 11. The number of nitrogen functional groups attached to an aromatic ring is 1. The molecule has 0 amide bonds. The van der Waals surface area contributed by atoms with Gasteiger partial charge < -0.3 is 29.2 Å². The normalized spacial score (nSPS) is 15.0. The predicted molar refractivity (Wildman–Crippen MR) is 120 cm³/mol. The number of nitrogens with one attached hydrogen (secondary N) is 2. The Hall–Kier alpha value is -3.65. The largest absolute Gasteiger partial charge is 0.468 e. The summed E-state index contributed by atoms with van der Waals surface area (Å²) in [5.41, 5.74) is 5.46. The number of carbonyl (C=O) groups excluding carboxylic acids is 1. The minimum atomic E-state index is -4.11. The summed E-state index contributed by atoms with van der Waals surface area (Å²) in [5, 5.41) is 2.53. The second kappa shape index (κ2) is 10.3. The lowest BCUT2D eigenvalue weighted by Gasteiger charge is -2.23. The first-order valence-electron chi connectivity index (χ1n) is 10.3. The first-order chi connectivity index (χ1) is 16.8. The molecule has 1 aliphatic heterocycles. The van der Waals surface area contributed by atoms with E-state index in [9.17, 15) is 14.2 Å². The van der Waals surface area contributed by atoms with Gasteiger partial charge in [0.25, 0.3) is 5.56 Å². The Morgan fingerprint density at radius 3 is 3.00 bits per heavy atom. The van der Waals surface area contributed by atoms with E-state index >= 15 is 0 Å². The molecule has 0 saturated carbocycles. The van der Waals surface area contributed by atoms with Gasteiger partial charge in [-0.05, 0) is 19.1 Å². The fraction of sp³-hybridized carbons (Fsp3) is 0.368. The van der Waals surface area contributed by atoms with E-state index < -0.39 is 25.3 Å². The molecule has 3 aromatic rings. The highest BCUT2D eigenvalue weighted by Gasteiger charge is 2.34. The first kappa shape index (κ1) is 24.5. The molecule has 0 radical (unpaired) electrons. The number of methoxy groups -OCH3 is 1. The maximum atomic E-state index is 13.5. The molecule has 0 aliphatic carbocycles. The fourth-order valence-corrected chi connectivity index (χ4v) is 4.58. The SMILES string of the molecule is COC(=O)[C@@H](C)NP(=O)(OCCOCn1cnc2c(=O)[nH]c(N)nc21)Oc1cccc2c1OCO2. The molecule has 0 fully saturated rings. The third-order valence-electron chi connectivity index (χ3n) is 4.70. The molecule has 4 rings (SSSR count). The Labute approximate surface area is 198 Å². The number of carbonyl (C=O) groups is 1. The molecule has 2 atom stereocenters. The van der Waals surface area contributed by atoms with Gasteiger partial charge in [-0.15, -0.1) is 0 Å². The minimum Gasteiger partial charge on any atom is -0.468 e. The summed E-state index contributed by atoms with van der Waals surface area (Å²) in [4.78, 5) is 34.1. The summed E-state index contributed by atoms with van der Waals surface area (Å²) in [6.45, 7) is 1.17. The van der Waals surface area contributed by atoms with Crippen LogP contribution in [0, 0.1) is 0 Å². The molecule has 0 spiro atoms. The van der Waals surface area contributed by atoms with Crippen LogP contribution in [0.2, 0.25) is 0 Å². The zero-order chi connectivity index (χ0) is 25.0. The van der Waals surface area contributed by atoms with E-state index in [1.807, 2.05) is 0 Å². The number of nitrogens with zero attached hydrogens (tertiary/aromatic N) is 3. The number of anilines is 1. The molecule has 1 aliphatic rings. The summed E-state index contributed by atoms with van der Waals surface area (Å²) >= 11 is 0. The molecule has 35 heavy (non-hydrogen) atoms. The number of hydrogen-bond donors (Lipinski definition) is 3. The number of H-pyrrole nitrogens is 1. The number of esters is 1. The van der Waals surface area contributed by atoms with Crippen LogP contribution in [0.25, 0.3) is 11.2 Å².